The van der Waals surface area contributed by atoms with Gasteiger partial charge < -0.3 is 25.4 Å². The minimum Gasteiger partial charge on any atom is -0.490 e. The van der Waals surface area contributed by atoms with Crippen LogP contribution in [0.1, 0.15) is 38.3 Å². The summed E-state index contributed by atoms with van der Waals surface area (Å²) in [5.74, 6) is 1.16. The highest BCUT2D eigenvalue weighted by Gasteiger charge is 2.10. The van der Waals surface area contributed by atoms with Crippen molar-refractivity contribution in [2.24, 2.45) is 5.92 Å². The predicted molar refractivity (Wildman–Crippen MR) is 145 cm³/mol. The molecule has 3 aromatic rings. The lowest BCUT2D eigenvalue weighted by Gasteiger charge is -2.14. The molecule has 2 amide bonds. The highest BCUT2D eigenvalue weighted by molar-refractivity contribution is 5.92. The van der Waals surface area contributed by atoms with Crippen molar-refractivity contribution in [2.75, 3.05) is 29.2 Å². The summed E-state index contributed by atoms with van der Waals surface area (Å²) in [6.45, 7) is 8.83. The average Bonchev–Trinajstić information content (AvgIpc) is 2.83. The number of nitrogens with one attached hydrogen (secondary N) is 3. The van der Waals surface area contributed by atoms with Crippen LogP contribution < -0.4 is 25.4 Å². The SMILES string of the molecule is CCOc1cc(CNc2cccc(NC(=O)CC(C)C)c2)ccc1OCC(=O)Nc1ccc(C)cc1. The summed E-state index contributed by atoms with van der Waals surface area (Å²) in [5.41, 5.74) is 4.49. The van der Waals surface area contributed by atoms with E-state index in [1.54, 1.807) is 0 Å². The first-order chi connectivity index (χ1) is 17.3. The van der Waals surface area contributed by atoms with E-state index in [4.69, 9.17) is 9.47 Å². The van der Waals surface area contributed by atoms with Gasteiger partial charge in [-0.05, 0) is 67.8 Å². The van der Waals surface area contributed by atoms with Gasteiger partial charge in [-0.2, -0.15) is 0 Å². The summed E-state index contributed by atoms with van der Waals surface area (Å²) < 4.78 is 11.5. The molecule has 0 bridgehead atoms. The lowest BCUT2D eigenvalue weighted by atomic mass is 10.1. The van der Waals surface area contributed by atoms with Gasteiger partial charge in [0.2, 0.25) is 5.91 Å². The van der Waals surface area contributed by atoms with Gasteiger partial charge in [-0.1, -0.05) is 43.7 Å². The minimum absolute atomic E-state index is 0.00615. The molecule has 0 fully saturated rings. The molecule has 3 aromatic carbocycles. The third-order valence-electron chi connectivity index (χ3n) is 5.24. The van der Waals surface area contributed by atoms with E-state index < -0.39 is 0 Å². The number of aryl methyl sites for hydroxylation is 1. The fraction of sp³-hybridized carbons (Fsp3) is 0.310. The maximum atomic E-state index is 12.3. The number of rotatable bonds is 12. The lowest BCUT2D eigenvalue weighted by molar-refractivity contribution is -0.118. The topological polar surface area (TPSA) is 88.7 Å². The highest BCUT2D eigenvalue weighted by Crippen LogP contribution is 2.29. The Morgan fingerprint density at radius 2 is 1.53 bits per heavy atom. The van der Waals surface area contributed by atoms with Crippen LogP contribution in [0.4, 0.5) is 17.1 Å². The Labute approximate surface area is 213 Å². The Bertz CT molecular complexity index is 1160. The van der Waals surface area contributed by atoms with Crippen molar-refractivity contribution in [2.45, 2.75) is 40.7 Å². The van der Waals surface area contributed by atoms with E-state index in [0.29, 0.717) is 37.0 Å². The Balaban J connectivity index is 1.57. The Morgan fingerprint density at radius 1 is 0.806 bits per heavy atom. The lowest BCUT2D eigenvalue weighted by Crippen LogP contribution is -2.20. The molecule has 36 heavy (non-hydrogen) atoms. The number of hydrogen-bond acceptors (Lipinski definition) is 5. The van der Waals surface area contributed by atoms with Crippen molar-refractivity contribution in [3.05, 3.63) is 77.9 Å². The van der Waals surface area contributed by atoms with E-state index in [1.165, 1.54) is 0 Å². The largest absolute Gasteiger partial charge is 0.490 e. The monoisotopic (exact) mass is 489 g/mol. The van der Waals surface area contributed by atoms with E-state index in [2.05, 4.69) is 16.0 Å². The van der Waals surface area contributed by atoms with E-state index in [0.717, 1.165) is 28.2 Å². The van der Waals surface area contributed by atoms with Crippen molar-refractivity contribution in [1.82, 2.24) is 0 Å². The van der Waals surface area contributed by atoms with Crippen LogP contribution in [0.25, 0.3) is 0 Å². The second-order valence-electron chi connectivity index (χ2n) is 9.00. The van der Waals surface area contributed by atoms with Crippen LogP contribution in [-0.2, 0) is 16.1 Å². The van der Waals surface area contributed by atoms with E-state index in [-0.39, 0.29) is 18.4 Å². The van der Waals surface area contributed by atoms with Crippen LogP contribution in [0.2, 0.25) is 0 Å². The third kappa shape index (κ3) is 8.65. The minimum atomic E-state index is -0.243. The molecule has 0 heterocycles. The number of amides is 2. The number of carbonyl (C=O) groups is 2. The molecular formula is C29H35N3O4. The number of anilines is 3. The van der Waals surface area contributed by atoms with Gasteiger partial charge in [0.1, 0.15) is 0 Å². The zero-order chi connectivity index (χ0) is 25.9. The normalized spacial score (nSPS) is 10.6. The molecule has 0 saturated heterocycles. The molecule has 3 rings (SSSR count). The first-order valence-corrected chi connectivity index (χ1v) is 12.2. The average molecular weight is 490 g/mol. The summed E-state index contributed by atoms with van der Waals surface area (Å²) >= 11 is 0. The molecule has 0 unspecified atom stereocenters. The van der Waals surface area contributed by atoms with E-state index in [1.807, 2.05) is 94.4 Å². The summed E-state index contributed by atoms with van der Waals surface area (Å²) in [5, 5.41) is 9.14. The Morgan fingerprint density at radius 3 is 2.25 bits per heavy atom. The molecule has 0 radical (unpaired) electrons. The van der Waals surface area contributed by atoms with Crippen LogP contribution in [0.15, 0.2) is 66.7 Å². The summed E-state index contributed by atoms with van der Waals surface area (Å²) in [6.07, 6.45) is 0.486. The second-order valence-corrected chi connectivity index (χ2v) is 9.00. The van der Waals surface area contributed by atoms with Crippen LogP contribution >= 0.6 is 0 Å². The number of ether oxygens (including phenoxy) is 2. The molecule has 3 N–H and O–H groups in total. The maximum absolute atomic E-state index is 12.3. The molecule has 0 aromatic heterocycles. The van der Waals surface area contributed by atoms with Gasteiger partial charge in [0.05, 0.1) is 6.61 Å². The van der Waals surface area contributed by atoms with E-state index >= 15 is 0 Å². The highest BCUT2D eigenvalue weighted by atomic mass is 16.5. The Hall–Kier alpha value is -4.00. The molecular weight excluding hydrogens is 454 g/mol. The number of carbonyl (C=O) groups excluding carboxylic acids is 2. The second kappa shape index (κ2) is 13.2. The third-order valence-corrected chi connectivity index (χ3v) is 5.24. The van der Waals surface area contributed by atoms with Crippen LogP contribution in [0, 0.1) is 12.8 Å². The molecule has 0 atom stereocenters. The van der Waals surface area contributed by atoms with Gasteiger partial charge in [-0.3, -0.25) is 9.59 Å². The van der Waals surface area contributed by atoms with Gasteiger partial charge in [0.25, 0.3) is 5.91 Å². The summed E-state index contributed by atoms with van der Waals surface area (Å²) in [4.78, 5) is 24.4. The summed E-state index contributed by atoms with van der Waals surface area (Å²) in [7, 11) is 0. The van der Waals surface area contributed by atoms with Crippen molar-refractivity contribution in [3.8, 4) is 11.5 Å². The van der Waals surface area contributed by atoms with Gasteiger partial charge in [-0.15, -0.1) is 0 Å². The summed E-state index contributed by atoms with van der Waals surface area (Å²) in [6, 6.07) is 20.9. The van der Waals surface area contributed by atoms with Gasteiger partial charge in [0, 0.05) is 30.0 Å². The molecule has 0 spiro atoms. The maximum Gasteiger partial charge on any atom is 0.262 e. The van der Waals surface area contributed by atoms with Crippen molar-refractivity contribution in [1.29, 1.82) is 0 Å². The van der Waals surface area contributed by atoms with Crippen LogP contribution in [-0.4, -0.2) is 25.0 Å². The molecule has 7 nitrogen and oxygen atoms in total. The predicted octanol–water partition coefficient (Wildman–Crippen LogP) is 6.01. The molecule has 0 aliphatic rings. The molecule has 0 saturated carbocycles. The molecule has 0 aliphatic carbocycles. The van der Waals surface area contributed by atoms with Gasteiger partial charge >= 0.3 is 0 Å². The van der Waals surface area contributed by atoms with Crippen molar-refractivity contribution >= 4 is 28.9 Å². The van der Waals surface area contributed by atoms with Crippen molar-refractivity contribution in [3.63, 3.8) is 0 Å². The fourth-order valence-electron chi connectivity index (χ4n) is 3.52. The van der Waals surface area contributed by atoms with Gasteiger partial charge in [-0.25, -0.2) is 0 Å². The number of benzene rings is 3. The van der Waals surface area contributed by atoms with Gasteiger partial charge in [0.15, 0.2) is 18.1 Å². The first-order valence-electron chi connectivity index (χ1n) is 12.2. The zero-order valence-corrected chi connectivity index (χ0v) is 21.4. The number of hydrogen-bond donors (Lipinski definition) is 3. The Kier molecular flexibility index (Phi) is 9.74. The van der Waals surface area contributed by atoms with Crippen LogP contribution in [0.5, 0.6) is 11.5 Å². The molecule has 0 aliphatic heterocycles. The standard InChI is InChI=1S/C29H35N3O4/c1-5-35-27-16-22(18-30-24-7-6-8-25(17-24)32-28(33)15-20(2)3)11-14-26(27)36-19-29(34)31-23-12-9-21(4)10-13-23/h6-14,16-17,20,30H,5,15,18-19H2,1-4H3,(H,31,34)(H,32,33). The van der Waals surface area contributed by atoms with Crippen LogP contribution in [0.3, 0.4) is 0 Å². The van der Waals surface area contributed by atoms with E-state index in [9.17, 15) is 9.59 Å². The zero-order valence-electron chi connectivity index (χ0n) is 21.4. The first kappa shape index (κ1) is 26.6. The molecule has 7 heteroatoms. The van der Waals surface area contributed by atoms with Crippen molar-refractivity contribution < 1.29 is 19.1 Å². The quantitative estimate of drug-likeness (QED) is 0.290. The smallest absolute Gasteiger partial charge is 0.262 e. The molecule has 190 valence electrons. The fourth-order valence-corrected chi connectivity index (χ4v) is 3.52.